The van der Waals surface area contributed by atoms with Gasteiger partial charge in [0.05, 0.1) is 17.8 Å². The lowest BCUT2D eigenvalue weighted by molar-refractivity contribution is -0.0503. The van der Waals surface area contributed by atoms with E-state index in [-0.39, 0.29) is 5.91 Å². The average Bonchev–Trinajstić information content (AvgIpc) is 3.18. The van der Waals surface area contributed by atoms with Crippen LogP contribution in [0.2, 0.25) is 5.02 Å². The summed E-state index contributed by atoms with van der Waals surface area (Å²) in [5, 5.41) is 12.0. The lowest BCUT2D eigenvalue weighted by Crippen LogP contribution is -2.51. The van der Waals surface area contributed by atoms with Gasteiger partial charge >= 0.3 is 0 Å². The van der Waals surface area contributed by atoms with Crippen LogP contribution in [0, 0.1) is 30.1 Å². The second-order valence-corrected chi connectivity index (χ2v) is 9.46. The monoisotopic (exact) mass is 388 g/mol. The second-order valence-electron chi connectivity index (χ2n) is 9.02. The minimum absolute atomic E-state index is 0.143. The summed E-state index contributed by atoms with van der Waals surface area (Å²) in [6, 6.07) is 0. The Balaban J connectivity index is 1.29. The maximum absolute atomic E-state index is 12.9. The molecule has 0 spiro atoms. The van der Waals surface area contributed by atoms with Crippen LogP contribution >= 0.6 is 11.6 Å². The summed E-state index contributed by atoms with van der Waals surface area (Å²) in [7, 11) is 0. The summed E-state index contributed by atoms with van der Waals surface area (Å²) in [5.41, 5.74) is 1.43. The molecule has 0 aliphatic heterocycles. The Kier molecular flexibility index (Phi) is 4.08. The molecule has 7 heteroatoms. The molecule has 0 saturated heterocycles. The number of halogens is 1. The molecule has 4 saturated carbocycles. The molecule has 144 valence electrons. The van der Waals surface area contributed by atoms with Crippen molar-refractivity contribution < 1.29 is 9.32 Å². The van der Waals surface area contributed by atoms with Crippen molar-refractivity contribution in [3.05, 3.63) is 34.4 Å². The minimum Gasteiger partial charge on any atom is -0.361 e. The van der Waals surface area contributed by atoms with Gasteiger partial charge in [-0.2, -0.15) is 5.10 Å². The van der Waals surface area contributed by atoms with Gasteiger partial charge in [-0.25, -0.2) is 0 Å². The summed E-state index contributed by atoms with van der Waals surface area (Å²) >= 11 is 5.94. The highest BCUT2D eigenvalue weighted by atomic mass is 35.5. The highest BCUT2D eigenvalue weighted by Crippen LogP contribution is 2.59. The summed E-state index contributed by atoms with van der Waals surface area (Å²) in [5.74, 6) is 3.13. The Bertz CT molecular complexity index is 836. The van der Waals surface area contributed by atoms with E-state index in [0.29, 0.717) is 28.4 Å². The number of hydrogen-bond acceptors (Lipinski definition) is 4. The maximum Gasteiger partial charge on any atom is 0.273 e. The van der Waals surface area contributed by atoms with Crippen LogP contribution in [0.25, 0.3) is 0 Å². The molecular weight excluding hydrogens is 364 g/mol. The summed E-state index contributed by atoms with van der Waals surface area (Å²) in [4.78, 5) is 12.9. The van der Waals surface area contributed by atoms with E-state index < -0.39 is 0 Å². The molecular formula is C20H25ClN4O2. The molecule has 4 fully saturated rings. The van der Waals surface area contributed by atoms with Crippen LogP contribution in [0.15, 0.2) is 16.9 Å². The number of amides is 1. The van der Waals surface area contributed by atoms with E-state index in [1.54, 1.807) is 17.1 Å². The molecule has 0 radical (unpaired) electrons. The molecule has 4 bridgehead atoms. The smallest absolute Gasteiger partial charge is 0.273 e. The van der Waals surface area contributed by atoms with Crippen LogP contribution in [-0.2, 0) is 6.54 Å². The Morgan fingerprint density at radius 1 is 1.30 bits per heavy atom. The third-order valence-electron chi connectivity index (χ3n) is 6.91. The number of aryl methyl sites for hydroxylation is 1. The van der Waals surface area contributed by atoms with Crippen molar-refractivity contribution in [1.29, 1.82) is 0 Å². The molecule has 4 aliphatic rings. The van der Waals surface area contributed by atoms with Gasteiger partial charge in [0.1, 0.15) is 5.76 Å². The van der Waals surface area contributed by atoms with Crippen LogP contribution in [-0.4, -0.2) is 27.4 Å². The fraction of sp³-hybridized carbons (Fsp3) is 0.650. The Morgan fingerprint density at radius 3 is 2.56 bits per heavy atom. The number of carbonyl (C=O) groups excluding carboxylic acids is 1. The normalized spacial score (nSPS) is 31.4. The zero-order chi connectivity index (χ0) is 18.6. The zero-order valence-electron chi connectivity index (χ0n) is 15.6. The summed E-state index contributed by atoms with van der Waals surface area (Å²) < 4.78 is 7.00. The van der Waals surface area contributed by atoms with Gasteiger partial charge in [-0.1, -0.05) is 16.8 Å². The molecule has 6 rings (SSSR count). The summed E-state index contributed by atoms with van der Waals surface area (Å²) in [6.45, 7) is 3.00. The highest BCUT2D eigenvalue weighted by Gasteiger charge is 2.50. The third kappa shape index (κ3) is 3.18. The van der Waals surface area contributed by atoms with Crippen LogP contribution in [0.1, 0.15) is 60.3 Å². The van der Waals surface area contributed by atoms with Gasteiger partial charge < -0.3 is 9.84 Å². The maximum atomic E-state index is 12.9. The average molecular weight is 389 g/mol. The van der Waals surface area contributed by atoms with Gasteiger partial charge in [-0.3, -0.25) is 9.48 Å². The number of nitrogens with one attached hydrogen (secondary N) is 1. The molecule has 2 aromatic heterocycles. The lowest BCUT2D eigenvalue weighted by Gasteiger charge is -2.56. The van der Waals surface area contributed by atoms with Gasteiger partial charge in [0, 0.05) is 18.3 Å². The van der Waals surface area contributed by atoms with E-state index in [0.717, 1.165) is 29.9 Å². The van der Waals surface area contributed by atoms with Crippen LogP contribution in [0.4, 0.5) is 0 Å². The first kappa shape index (κ1) is 17.3. The Labute approximate surface area is 163 Å². The molecule has 0 aromatic carbocycles. The molecule has 1 amide bonds. The van der Waals surface area contributed by atoms with Crippen molar-refractivity contribution in [2.45, 2.75) is 52.0 Å². The first-order chi connectivity index (χ1) is 13.0. The van der Waals surface area contributed by atoms with Crippen molar-refractivity contribution in [2.24, 2.45) is 23.2 Å². The van der Waals surface area contributed by atoms with E-state index in [4.69, 9.17) is 16.1 Å². The highest BCUT2D eigenvalue weighted by molar-refractivity contribution is 6.30. The minimum atomic E-state index is -0.143. The fourth-order valence-corrected chi connectivity index (χ4v) is 6.36. The van der Waals surface area contributed by atoms with E-state index in [1.165, 1.54) is 38.5 Å². The van der Waals surface area contributed by atoms with Crippen molar-refractivity contribution in [3.8, 4) is 0 Å². The molecule has 1 N–H and O–H groups in total. The first-order valence-electron chi connectivity index (χ1n) is 9.91. The van der Waals surface area contributed by atoms with Crippen molar-refractivity contribution in [2.75, 3.05) is 6.54 Å². The number of carbonyl (C=O) groups is 1. The molecule has 6 nitrogen and oxygen atoms in total. The summed E-state index contributed by atoms with van der Waals surface area (Å²) in [6.07, 6.45) is 11.4. The molecule has 4 aliphatic carbocycles. The van der Waals surface area contributed by atoms with Crippen molar-refractivity contribution >= 4 is 17.5 Å². The first-order valence-corrected chi connectivity index (χ1v) is 10.3. The van der Waals surface area contributed by atoms with Crippen LogP contribution in [0.3, 0.4) is 0 Å². The van der Waals surface area contributed by atoms with E-state index in [9.17, 15) is 4.79 Å². The van der Waals surface area contributed by atoms with Crippen molar-refractivity contribution in [3.63, 3.8) is 0 Å². The quantitative estimate of drug-likeness (QED) is 0.844. The number of hydrogen-bond donors (Lipinski definition) is 1. The topological polar surface area (TPSA) is 73.0 Å². The number of rotatable bonds is 5. The largest absolute Gasteiger partial charge is 0.361 e. The molecule has 27 heavy (non-hydrogen) atoms. The molecule has 0 atom stereocenters. The number of aromatic nitrogens is 3. The second kappa shape index (κ2) is 6.36. The zero-order valence-corrected chi connectivity index (χ0v) is 16.3. The Morgan fingerprint density at radius 2 is 1.96 bits per heavy atom. The third-order valence-corrected chi connectivity index (χ3v) is 7.11. The molecule has 2 aromatic rings. The number of nitrogens with zero attached hydrogens (tertiary/aromatic N) is 3. The Hall–Kier alpha value is -1.82. The van der Waals surface area contributed by atoms with Crippen molar-refractivity contribution in [1.82, 2.24) is 20.3 Å². The van der Waals surface area contributed by atoms with Crippen LogP contribution in [0.5, 0.6) is 0 Å². The van der Waals surface area contributed by atoms with Gasteiger partial charge in [0.2, 0.25) is 0 Å². The predicted molar refractivity (Wildman–Crippen MR) is 101 cm³/mol. The molecule has 2 heterocycles. The van der Waals surface area contributed by atoms with Gasteiger partial charge in [0.15, 0.2) is 5.69 Å². The van der Waals surface area contributed by atoms with Gasteiger partial charge in [-0.15, -0.1) is 0 Å². The molecule has 0 unspecified atom stereocenters. The predicted octanol–water partition coefficient (Wildman–Crippen LogP) is 3.83. The van der Waals surface area contributed by atoms with E-state index in [2.05, 4.69) is 15.6 Å². The lowest BCUT2D eigenvalue weighted by atomic mass is 9.49. The fourth-order valence-electron chi connectivity index (χ4n) is 6.20. The van der Waals surface area contributed by atoms with Gasteiger partial charge in [-0.05, 0) is 68.6 Å². The standard InChI is InChI=1S/C20H25ClN4O2/c1-12-17(10-25-9-16(21)8-23-25)18(24-27-12)19(26)22-11-20-5-13-2-14(6-20)4-15(3-13)7-20/h8-9,13-15H,2-7,10-11H2,1H3,(H,22,26). The van der Waals surface area contributed by atoms with E-state index >= 15 is 0 Å². The van der Waals surface area contributed by atoms with Gasteiger partial charge in [0.25, 0.3) is 5.91 Å². The SMILES string of the molecule is Cc1onc(C(=O)NCC23CC4CC(CC(C4)C2)C3)c1Cn1cc(Cl)cn1. The van der Waals surface area contributed by atoms with Crippen LogP contribution < -0.4 is 5.32 Å². The van der Waals surface area contributed by atoms with E-state index in [1.807, 2.05) is 6.92 Å².